The number of pyridine rings is 3. The van der Waals surface area contributed by atoms with Gasteiger partial charge in [-0.15, -0.1) is 53.6 Å². The van der Waals surface area contributed by atoms with E-state index in [4.69, 9.17) is 20.4 Å². The summed E-state index contributed by atoms with van der Waals surface area (Å²) in [5, 5.41) is 4.50. The minimum absolute atomic E-state index is 0. The fraction of sp³-hybridized carbons (Fsp3) is 0.159. The molecule has 0 unspecified atom stereocenters. The third-order valence-corrected chi connectivity index (χ3v) is 7.77. The molecule has 4 heterocycles. The van der Waals surface area contributed by atoms with Gasteiger partial charge in [-0.05, 0) is 64.1 Å². The molecule has 8 aromatic rings. The van der Waals surface area contributed by atoms with Crippen molar-refractivity contribution in [3.8, 4) is 33.8 Å². The van der Waals surface area contributed by atoms with Crippen LogP contribution in [0.1, 0.15) is 48.4 Å². The Morgan fingerprint density at radius 1 is 0.714 bits per heavy atom. The number of aryl methyl sites for hydroxylation is 2. The quantitative estimate of drug-likeness (QED) is 0.166. The van der Waals surface area contributed by atoms with Crippen LogP contribution < -0.4 is 0 Å². The topological polar surface area (TPSA) is 51.8 Å². The van der Waals surface area contributed by atoms with Gasteiger partial charge in [-0.3, -0.25) is 4.98 Å². The van der Waals surface area contributed by atoms with Crippen molar-refractivity contribution in [1.82, 2.24) is 15.0 Å². The molecule has 0 saturated heterocycles. The second-order valence-electron chi connectivity index (χ2n) is 12.5. The van der Waals surface area contributed by atoms with E-state index in [9.17, 15) is 0 Å². The number of hydrogen-bond acceptors (Lipinski definition) is 4. The monoisotopic (exact) mass is 824 g/mol. The normalized spacial score (nSPS) is 14.5. The van der Waals surface area contributed by atoms with Crippen molar-refractivity contribution in [2.24, 2.45) is 5.41 Å². The molecule has 4 aromatic carbocycles. The van der Waals surface area contributed by atoms with Crippen LogP contribution in [-0.2, 0) is 26.5 Å². The van der Waals surface area contributed by atoms with Crippen molar-refractivity contribution in [2.75, 3.05) is 0 Å². The van der Waals surface area contributed by atoms with E-state index >= 15 is 0 Å². The zero-order valence-electron chi connectivity index (χ0n) is 35.1. The molecule has 4 nitrogen and oxygen atoms in total. The van der Waals surface area contributed by atoms with Crippen LogP contribution in [0.5, 0.6) is 0 Å². The Hall–Kier alpha value is -4.96. The average Bonchev–Trinajstić information content (AvgIpc) is 3.57. The second kappa shape index (κ2) is 14.3. The molecule has 1 radical (unpaired) electrons. The van der Waals surface area contributed by atoms with E-state index in [1.807, 2.05) is 69.3 Å². The van der Waals surface area contributed by atoms with Gasteiger partial charge in [0.1, 0.15) is 5.58 Å². The van der Waals surface area contributed by atoms with E-state index in [1.54, 1.807) is 24.5 Å². The first-order chi connectivity index (χ1) is 26.4. The molecule has 8 rings (SSSR count). The molecule has 0 atom stereocenters. The van der Waals surface area contributed by atoms with E-state index in [2.05, 4.69) is 46.4 Å². The maximum atomic E-state index is 8.47. The minimum Gasteiger partial charge on any atom is -0.501 e. The van der Waals surface area contributed by atoms with Gasteiger partial charge in [0.2, 0.25) is 0 Å². The molecule has 0 fully saturated rings. The second-order valence-corrected chi connectivity index (χ2v) is 12.5. The summed E-state index contributed by atoms with van der Waals surface area (Å²) in [5.74, 6) is 0. The fourth-order valence-electron chi connectivity index (χ4n) is 5.60. The predicted octanol–water partition coefficient (Wildman–Crippen LogP) is 11.4. The van der Waals surface area contributed by atoms with Crippen LogP contribution in [0.4, 0.5) is 0 Å². The Kier molecular flexibility index (Phi) is 7.30. The number of nitrogens with zero attached hydrogens (tertiary/aromatic N) is 3. The number of hydrogen-bond donors (Lipinski definition) is 0. The summed E-state index contributed by atoms with van der Waals surface area (Å²) in [6.45, 7) is 1.34. The summed E-state index contributed by atoms with van der Waals surface area (Å²) in [6, 6.07) is 37.8. The van der Waals surface area contributed by atoms with Gasteiger partial charge in [-0.2, -0.15) is 0 Å². The Labute approximate surface area is 312 Å². The molecule has 0 amide bonds. The Balaban J connectivity index is 0.000000223. The first-order valence-corrected chi connectivity index (χ1v) is 15.6. The predicted molar refractivity (Wildman–Crippen MR) is 198 cm³/mol. The van der Waals surface area contributed by atoms with Gasteiger partial charge in [-0.1, -0.05) is 99.2 Å². The molecule has 49 heavy (non-hydrogen) atoms. The van der Waals surface area contributed by atoms with Crippen molar-refractivity contribution in [1.29, 1.82) is 0 Å². The van der Waals surface area contributed by atoms with Gasteiger partial charge in [0.05, 0.1) is 11.3 Å². The minimum atomic E-state index is -2.18. The van der Waals surface area contributed by atoms with Crippen LogP contribution in [0.2, 0.25) is 0 Å². The van der Waals surface area contributed by atoms with Gasteiger partial charge < -0.3 is 14.4 Å². The van der Waals surface area contributed by atoms with Gasteiger partial charge in [0, 0.05) is 60.6 Å². The zero-order valence-corrected chi connectivity index (χ0v) is 29.5. The molecule has 0 aliphatic rings. The number of fused-ring (bicyclic) bond motifs is 5. The van der Waals surface area contributed by atoms with Crippen molar-refractivity contribution in [3.63, 3.8) is 0 Å². The molecule has 4 aromatic heterocycles. The summed E-state index contributed by atoms with van der Waals surface area (Å²) >= 11 is 0. The van der Waals surface area contributed by atoms with Crippen LogP contribution >= 0.6 is 0 Å². The average molecular weight is 824 g/mol. The number of aromatic nitrogens is 3. The van der Waals surface area contributed by atoms with Crippen LogP contribution in [0.3, 0.4) is 0 Å². The van der Waals surface area contributed by atoms with Gasteiger partial charge >= 0.3 is 0 Å². The molecule has 5 heteroatoms. The summed E-state index contributed by atoms with van der Waals surface area (Å²) < 4.78 is 66.9. The Morgan fingerprint density at radius 2 is 1.49 bits per heavy atom. The number of benzene rings is 4. The van der Waals surface area contributed by atoms with E-state index in [0.717, 1.165) is 44.5 Å². The summed E-state index contributed by atoms with van der Waals surface area (Å²) in [6.07, 6.45) is 3.24. The van der Waals surface area contributed by atoms with Crippen molar-refractivity contribution in [2.45, 2.75) is 40.8 Å². The summed E-state index contributed by atoms with van der Waals surface area (Å²) in [4.78, 5) is 13.3. The first-order valence-electron chi connectivity index (χ1n) is 19.6. The van der Waals surface area contributed by atoms with Crippen LogP contribution in [0.25, 0.3) is 66.5 Å². The van der Waals surface area contributed by atoms with E-state index in [1.165, 1.54) is 35.2 Å². The summed E-state index contributed by atoms with van der Waals surface area (Å²) in [5.41, 5.74) is 6.42. The number of furan rings is 1. The molecule has 0 spiro atoms. The standard InChI is InChI=1S/C31H25N2O.C13H12N.Ir/c1-31(2,3)17-20-11-14-26(32-18-20)22-12-15-27(33-19-22)24-9-6-10-25-29-23-8-5-4-7-21(23)13-16-28(29)34-30(24)25;1-10-3-6-12(7-4-10)13-8-5-11(2)9-14-13;/h4-8,10-16,18-19H,17H2,1-3H3;3-6,8-9H,1-2H3;/q2*-1;/i17D2;1D3,2D3;. The Morgan fingerprint density at radius 3 is 2.18 bits per heavy atom. The molecular weight excluding hydrogens is 779 g/mol. The largest absolute Gasteiger partial charge is 0.501 e. The molecule has 0 bridgehead atoms. The SMILES string of the molecule is [2H]C([2H])([2H])c1c[c-]c(-c2ccc(C([2H])([2H])[2H])cn2)cc1.[2H]C([2H])(c1ccc(-c2ccc(-c3[c-]ccc4c3oc3ccc5ccccc5c34)nc2)nc1)C(C)(C)C.[Ir]. The van der Waals surface area contributed by atoms with Crippen molar-refractivity contribution >= 4 is 32.7 Å². The van der Waals surface area contributed by atoms with Crippen LogP contribution in [0, 0.1) is 31.3 Å². The van der Waals surface area contributed by atoms with Crippen LogP contribution in [-0.4, -0.2) is 15.0 Å². The maximum Gasteiger partial charge on any atom is 0.121 e. The molecule has 245 valence electrons. The molecule has 0 aliphatic heterocycles. The van der Waals surface area contributed by atoms with E-state index in [-0.39, 0.29) is 31.2 Å². The van der Waals surface area contributed by atoms with Crippen molar-refractivity contribution < 1.29 is 35.5 Å². The molecular formula is C44H37IrN3O-2. The molecule has 0 aliphatic carbocycles. The number of rotatable bonds is 4. The van der Waals surface area contributed by atoms with Gasteiger partial charge in [0.25, 0.3) is 0 Å². The summed E-state index contributed by atoms with van der Waals surface area (Å²) in [7, 11) is 0. The maximum absolute atomic E-state index is 8.47. The third kappa shape index (κ3) is 7.54. The zero-order chi connectivity index (χ0) is 40.0. The first kappa shape index (κ1) is 25.1. The van der Waals surface area contributed by atoms with E-state index < -0.39 is 25.5 Å². The Bertz CT molecular complexity index is 2590. The van der Waals surface area contributed by atoms with Gasteiger partial charge in [0.15, 0.2) is 0 Å². The van der Waals surface area contributed by atoms with Crippen LogP contribution in [0.15, 0.2) is 126 Å². The smallest absolute Gasteiger partial charge is 0.121 e. The van der Waals surface area contributed by atoms with E-state index in [0.29, 0.717) is 16.8 Å². The van der Waals surface area contributed by atoms with Gasteiger partial charge in [-0.25, -0.2) is 0 Å². The third-order valence-electron chi connectivity index (χ3n) is 7.77. The van der Waals surface area contributed by atoms with Crippen molar-refractivity contribution in [3.05, 3.63) is 151 Å². The molecule has 0 saturated carbocycles. The fourth-order valence-corrected chi connectivity index (χ4v) is 5.60. The molecule has 0 N–H and O–H groups in total.